The lowest BCUT2D eigenvalue weighted by Crippen LogP contribution is -2.27. The summed E-state index contributed by atoms with van der Waals surface area (Å²) < 4.78 is 12.0. The van der Waals surface area contributed by atoms with Crippen molar-refractivity contribution in [2.75, 3.05) is 19.8 Å². The zero-order valence-electron chi connectivity index (χ0n) is 13.5. The third-order valence-electron chi connectivity index (χ3n) is 3.15. The molecule has 0 unspecified atom stereocenters. The predicted octanol–water partition coefficient (Wildman–Crippen LogP) is 3.89. The summed E-state index contributed by atoms with van der Waals surface area (Å²) in [7, 11) is 0. The zero-order valence-corrected chi connectivity index (χ0v) is 18.6. The largest absolute Gasteiger partial charge is 0.480 e. The Labute approximate surface area is 177 Å². The number of thioether (sulfide) groups is 1. The average molecular weight is 587 g/mol. The number of amides is 2. The highest BCUT2D eigenvalue weighted by molar-refractivity contribution is 14.1. The van der Waals surface area contributed by atoms with Crippen LogP contribution in [0.5, 0.6) is 5.75 Å². The number of hydrogen-bond donors (Lipinski definition) is 0. The molecule has 1 aromatic rings. The van der Waals surface area contributed by atoms with Gasteiger partial charge in [-0.15, -0.1) is 0 Å². The minimum Gasteiger partial charge on any atom is -0.480 e. The SMILES string of the molecule is CCOC(=O)COc1c(I)cc(/C=C2/SC(=O)N(CC)C2=O)cc1I. The van der Waals surface area contributed by atoms with Gasteiger partial charge in [-0.2, -0.15) is 0 Å². The lowest BCUT2D eigenvalue weighted by molar-refractivity contribution is -0.145. The molecule has 1 aliphatic rings. The minimum atomic E-state index is -0.425. The van der Waals surface area contributed by atoms with Crippen molar-refractivity contribution in [3.8, 4) is 5.75 Å². The third kappa shape index (κ3) is 5.09. The second-order valence-electron chi connectivity index (χ2n) is 4.83. The first-order valence-corrected chi connectivity index (χ1v) is 10.4. The Morgan fingerprint density at radius 3 is 2.40 bits per heavy atom. The van der Waals surface area contributed by atoms with Crippen molar-refractivity contribution in [2.45, 2.75) is 13.8 Å². The van der Waals surface area contributed by atoms with E-state index in [1.165, 1.54) is 4.90 Å². The van der Waals surface area contributed by atoms with E-state index in [-0.39, 0.29) is 17.8 Å². The predicted molar refractivity (Wildman–Crippen MR) is 112 cm³/mol. The number of ether oxygens (including phenoxy) is 2. The third-order valence-corrected chi connectivity index (χ3v) is 5.66. The smallest absolute Gasteiger partial charge is 0.344 e. The molecule has 1 fully saturated rings. The van der Waals surface area contributed by atoms with Gasteiger partial charge in [0.25, 0.3) is 11.1 Å². The van der Waals surface area contributed by atoms with E-state index >= 15 is 0 Å². The monoisotopic (exact) mass is 587 g/mol. The first-order valence-electron chi connectivity index (χ1n) is 7.40. The Hall–Kier alpha value is -0.820. The van der Waals surface area contributed by atoms with Crippen LogP contribution in [0.2, 0.25) is 0 Å². The van der Waals surface area contributed by atoms with Crippen LogP contribution in [0.25, 0.3) is 6.08 Å². The van der Waals surface area contributed by atoms with E-state index in [2.05, 4.69) is 45.2 Å². The maximum absolute atomic E-state index is 12.2. The number of carbonyl (C=O) groups excluding carboxylic acids is 3. The summed E-state index contributed by atoms with van der Waals surface area (Å²) in [5, 5.41) is -0.252. The van der Waals surface area contributed by atoms with Gasteiger partial charge < -0.3 is 9.47 Å². The van der Waals surface area contributed by atoms with Gasteiger partial charge in [0, 0.05) is 6.54 Å². The van der Waals surface area contributed by atoms with Crippen molar-refractivity contribution in [1.82, 2.24) is 4.90 Å². The zero-order chi connectivity index (χ0) is 18.6. The molecule has 25 heavy (non-hydrogen) atoms. The van der Waals surface area contributed by atoms with E-state index in [4.69, 9.17) is 9.47 Å². The molecule has 0 aromatic heterocycles. The topological polar surface area (TPSA) is 72.9 Å². The van der Waals surface area contributed by atoms with Gasteiger partial charge >= 0.3 is 5.97 Å². The van der Waals surface area contributed by atoms with Crippen LogP contribution < -0.4 is 4.74 Å². The summed E-state index contributed by atoms with van der Waals surface area (Å²) in [5.41, 5.74) is 0.791. The second kappa shape index (κ2) is 9.21. The summed E-state index contributed by atoms with van der Waals surface area (Å²) in [5.74, 6) is -0.107. The first kappa shape index (κ1) is 20.5. The van der Waals surface area contributed by atoms with Crippen molar-refractivity contribution in [3.05, 3.63) is 29.7 Å². The van der Waals surface area contributed by atoms with Crippen molar-refractivity contribution in [3.63, 3.8) is 0 Å². The maximum atomic E-state index is 12.2. The number of esters is 1. The fourth-order valence-corrected chi connectivity index (χ4v) is 5.09. The number of halogens is 2. The Morgan fingerprint density at radius 2 is 1.88 bits per heavy atom. The Bertz CT molecular complexity index is 727. The molecule has 6 nitrogen and oxygen atoms in total. The molecule has 0 N–H and O–H groups in total. The fraction of sp³-hybridized carbons (Fsp3) is 0.312. The maximum Gasteiger partial charge on any atom is 0.344 e. The van der Waals surface area contributed by atoms with E-state index in [0.717, 1.165) is 24.5 Å². The van der Waals surface area contributed by atoms with Crippen LogP contribution >= 0.6 is 56.9 Å². The summed E-state index contributed by atoms with van der Waals surface area (Å²) in [6.45, 7) is 4.01. The van der Waals surface area contributed by atoms with E-state index < -0.39 is 5.97 Å². The van der Waals surface area contributed by atoms with Crippen LogP contribution in [0, 0.1) is 7.14 Å². The molecule has 134 valence electrons. The molecule has 0 saturated carbocycles. The van der Waals surface area contributed by atoms with E-state index in [9.17, 15) is 14.4 Å². The first-order chi connectivity index (χ1) is 11.9. The molecule has 0 spiro atoms. The van der Waals surface area contributed by atoms with Gasteiger partial charge in [-0.25, -0.2) is 4.79 Å². The van der Waals surface area contributed by atoms with Crippen LogP contribution in [0.4, 0.5) is 4.79 Å². The second-order valence-corrected chi connectivity index (χ2v) is 8.15. The lowest BCUT2D eigenvalue weighted by Gasteiger charge is -2.11. The van der Waals surface area contributed by atoms with Gasteiger partial charge in [0.1, 0.15) is 5.75 Å². The van der Waals surface area contributed by atoms with Crippen molar-refractivity contribution < 1.29 is 23.9 Å². The van der Waals surface area contributed by atoms with Gasteiger partial charge in [-0.05, 0) is 94.6 Å². The van der Waals surface area contributed by atoms with Gasteiger partial charge in [-0.3, -0.25) is 14.5 Å². The number of rotatable bonds is 6. The van der Waals surface area contributed by atoms with Gasteiger partial charge in [0.05, 0.1) is 18.7 Å². The number of likely N-dealkylation sites (N-methyl/N-ethyl adjacent to an activating group) is 1. The number of carbonyl (C=O) groups is 3. The van der Waals surface area contributed by atoms with E-state index in [0.29, 0.717) is 23.8 Å². The summed E-state index contributed by atoms with van der Waals surface area (Å²) in [4.78, 5) is 37.0. The van der Waals surface area contributed by atoms with Crippen LogP contribution in [-0.2, 0) is 14.3 Å². The van der Waals surface area contributed by atoms with Gasteiger partial charge in [0.15, 0.2) is 6.61 Å². The fourth-order valence-electron chi connectivity index (χ4n) is 2.06. The molecule has 0 atom stereocenters. The molecule has 9 heteroatoms. The molecule has 0 aliphatic carbocycles. The molecular weight excluding hydrogens is 572 g/mol. The van der Waals surface area contributed by atoms with Crippen LogP contribution in [-0.4, -0.2) is 41.8 Å². The molecule has 0 bridgehead atoms. The highest BCUT2D eigenvalue weighted by atomic mass is 127. The van der Waals surface area contributed by atoms with Crippen LogP contribution in [0.1, 0.15) is 19.4 Å². The Balaban J connectivity index is 2.20. The highest BCUT2D eigenvalue weighted by Gasteiger charge is 2.33. The van der Waals surface area contributed by atoms with Gasteiger partial charge in [-0.1, -0.05) is 0 Å². The molecule has 1 saturated heterocycles. The molecule has 1 aliphatic heterocycles. The summed E-state index contributed by atoms with van der Waals surface area (Å²) in [6, 6.07) is 3.67. The van der Waals surface area contributed by atoms with Crippen LogP contribution in [0.3, 0.4) is 0 Å². The molecule has 1 aromatic carbocycles. The van der Waals surface area contributed by atoms with Crippen LogP contribution in [0.15, 0.2) is 17.0 Å². The number of nitrogens with zero attached hydrogens (tertiary/aromatic N) is 1. The van der Waals surface area contributed by atoms with Crippen molar-refractivity contribution >= 4 is 80.1 Å². The molecule has 0 radical (unpaired) electrons. The molecule has 2 rings (SSSR count). The van der Waals surface area contributed by atoms with E-state index in [1.54, 1.807) is 19.9 Å². The van der Waals surface area contributed by atoms with Crippen molar-refractivity contribution in [1.29, 1.82) is 0 Å². The molecule has 1 heterocycles. The lowest BCUT2D eigenvalue weighted by atomic mass is 10.2. The van der Waals surface area contributed by atoms with Crippen molar-refractivity contribution in [2.24, 2.45) is 0 Å². The molecular formula is C16H15I2NO5S. The van der Waals surface area contributed by atoms with E-state index in [1.807, 2.05) is 12.1 Å². The quantitative estimate of drug-likeness (QED) is 0.286. The highest BCUT2D eigenvalue weighted by Crippen LogP contribution is 2.34. The Kier molecular flexibility index (Phi) is 7.55. The van der Waals surface area contributed by atoms with Gasteiger partial charge in [0.2, 0.25) is 0 Å². The average Bonchev–Trinajstić information content (AvgIpc) is 2.80. The standard InChI is InChI=1S/C16H15I2NO5S/c1-3-19-15(21)12(25-16(19)22)7-9-5-10(17)14(11(18)6-9)24-8-13(20)23-4-2/h5-7H,3-4,8H2,1-2H3/b12-7+. The normalized spacial score (nSPS) is 15.8. The molecule has 2 amide bonds. The number of hydrogen-bond acceptors (Lipinski definition) is 6. The summed E-state index contributed by atoms with van der Waals surface area (Å²) in [6.07, 6.45) is 1.69. The number of benzene rings is 1. The minimum absolute atomic E-state index is 0.158. The summed E-state index contributed by atoms with van der Waals surface area (Å²) >= 11 is 5.15. The number of imide groups is 1. The Morgan fingerprint density at radius 1 is 1.24 bits per heavy atom.